The maximum atomic E-state index is 12.0. The second-order valence-electron chi connectivity index (χ2n) is 7.44. The summed E-state index contributed by atoms with van der Waals surface area (Å²) in [7, 11) is 3.83. The van der Waals surface area contributed by atoms with Crippen molar-refractivity contribution in [2.75, 3.05) is 39.5 Å². The number of nitrogen functional groups attached to an aromatic ring is 1. The second-order valence-corrected chi connectivity index (χ2v) is 8.44. The van der Waals surface area contributed by atoms with E-state index in [9.17, 15) is 4.79 Å². The van der Waals surface area contributed by atoms with Gasteiger partial charge in [0.05, 0.1) is 17.4 Å². The van der Waals surface area contributed by atoms with Gasteiger partial charge in [0, 0.05) is 18.5 Å². The monoisotopic (exact) mass is 373 g/mol. The molecule has 4 rings (SSSR count). The van der Waals surface area contributed by atoms with Crippen LogP contribution in [0.5, 0.6) is 0 Å². The molecule has 2 aliphatic heterocycles. The summed E-state index contributed by atoms with van der Waals surface area (Å²) in [5.74, 6) is -0.138. The van der Waals surface area contributed by atoms with E-state index in [0.29, 0.717) is 22.6 Å². The highest BCUT2D eigenvalue weighted by Crippen LogP contribution is 2.38. The van der Waals surface area contributed by atoms with Crippen molar-refractivity contribution in [1.29, 1.82) is 0 Å². The number of thiophene rings is 1. The van der Waals surface area contributed by atoms with Gasteiger partial charge in [0.25, 0.3) is 5.91 Å². The number of pyridine rings is 1. The Morgan fingerprint density at radius 3 is 2.77 bits per heavy atom. The van der Waals surface area contributed by atoms with Crippen LogP contribution in [-0.4, -0.2) is 60.5 Å². The Bertz CT molecular complexity index is 812. The molecule has 0 aromatic carbocycles. The molecule has 0 aliphatic carbocycles. The SMILES string of the molecule is CNC(=O)c1sc2nc([C@H]3CCCN3C3CCN(C)CC3)ccc2c1N. The van der Waals surface area contributed by atoms with E-state index in [-0.39, 0.29) is 5.91 Å². The number of piperidine rings is 1. The fourth-order valence-corrected chi connectivity index (χ4v) is 5.40. The summed E-state index contributed by atoms with van der Waals surface area (Å²) >= 11 is 1.39. The third-order valence-electron chi connectivity index (χ3n) is 5.84. The van der Waals surface area contributed by atoms with Crippen LogP contribution in [0.15, 0.2) is 12.1 Å². The van der Waals surface area contributed by atoms with Crippen molar-refractivity contribution in [3.05, 3.63) is 22.7 Å². The first-order valence-electron chi connectivity index (χ1n) is 9.43. The van der Waals surface area contributed by atoms with Gasteiger partial charge in [0.15, 0.2) is 0 Å². The van der Waals surface area contributed by atoms with Crippen molar-refractivity contribution >= 4 is 33.1 Å². The van der Waals surface area contributed by atoms with Gasteiger partial charge in [-0.15, -0.1) is 11.3 Å². The molecular formula is C19H27N5OS. The van der Waals surface area contributed by atoms with Crippen molar-refractivity contribution < 1.29 is 4.79 Å². The van der Waals surface area contributed by atoms with Gasteiger partial charge in [0.2, 0.25) is 0 Å². The van der Waals surface area contributed by atoms with E-state index >= 15 is 0 Å². The molecule has 140 valence electrons. The minimum atomic E-state index is -0.138. The van der Waals surface area contributed by atoms with Crippen LogP contribution < -0.4 is 11.1 Å². The molecule has 0 bridgehead atoms. The quantitative estimate of drug-likeness (QED) is 0.865. The lowest BCUT2D eigenvalue weighted by Crippen LogP contribution is -2.43. The highest BCUT2D eigenvalue weighted by atomic mass is 32.1. The van der Waals surface area contributed by atoms with Gasteiger partial charge in [0.1, 0.15) is 9.71 Å². The number of rotatable bonds is 3. The Hall–Kier alpha value is -1.70. The number of anilines is 1. The Kier molecular flexibility index (Phi) is 4.86. The first kappa shape index (κ1) is 17.7. The average molecular weight is 374 g/mol. The third kappa shape index (κ3) is 3.08. The second kappa shape index (κ2) is 7.13. The number of fused-ring (bicyclic) bond motifs is 1. The number of amides is 1. The minimum absolute atomic E-state index is 0.138. The van der Waals surface area contributed by atoms with Gasteiger partial charge < -0.3 is 16.0 Å². The highest BCUT2D eigenvalue weighted by molar-refractivity contribution is 7.21. The molecule has 7 heteroatoms. The van der Waals surface area contributed by atoms with Gasteiger partial charge in [-0.2, -0.15) is 0 Å². The van der Waals surface area contributed by atoms with Crippen LogP contribution in [0.4, 0.5) is 5.69 Å². The molecule has 2 aliphatic rings. The first-order chi connectivity index (χ1) is 12.6. The summed E-state index contributed by atoms with van der Waals surface area (Å²) in [5, 5.41) is 3.55. The van der Waals surface area contributed by atoms with E-state index in [2.05, 4.69) is 28.2 Å². The summed E-state index contributed by atoms with van der Waals surface area (Å²) in [4.78, 5) is 23.4. The number of aromatic nitrogens is 1. The minimum Gasteiger partial charge on any atom is -0.397 e. The zero-order chi connectivity index (χ0) is 18.3. The number of nitrogens with zero attached hydrogens (tertiary/aromatic N) is 3. The number of hydrogen-bond donors (Lipinski definition) is 2. The molecule has 4 heterocycles. The molecule has 0 radical (unpaired) electrons. The molecule has 0 saturated carbocycles. The van der Waals surface area contributed by atoms with Gasteiger partial charge in [-0.3, -0.25) is 9.69 Å². The first-order valence-corrected chi connectivity index (χ1v) is 10.3. The van der Waals surface area contributed by atoms with Crippen LogP contribution in [0.3, 0.4) is 0 Å². The molecule has 0 spiro atoms. The smallest absolute Gasteiger partial charge is 0.263 e. The topological polar surface area (TPSA) is 74.5 Å². The van der Waals surface area contributed by atoms with E-state index in [1.807, 2.05) is 6.07 Å². The third-order valence-corrected chi connectivity index (χ3v) is 6.96. The lowest BCUT2D eigenvalue weighted by Gasteiger charge is -2.38. The Morgan fingerprint density at radius 2 is 2.04 bits per heavy atom. The maximum absolute atomic E-state index is 12.0. The van der Waals surface area contributed by atoms with E-state index in [4.69, 9.17) is 10.7 Å². The molecule has 0 unspecified atom stereocenters. The molecule has 2 fully saturated rings. The van der Waals surface area contributed by atoms with Crippen molar-refractivity contribution in [3.8, 4) is 0 Å². The molecule has 1 amide bonds. The molecule has 26 heavy (non-hydrogen) atoms. The number of carbonyl (C=O) groups excluding carboxylic acids is 1. The van der Waals surface area contributed by atoms with Crippen molar-refractivity contribution in [1.82, 2.24) is 20.1 Å². The van der Waals surface area contributed by atoms with Crippen molar-refractivity contribution in [2.45, 2.75) is 37.8 Å². The van der Waals surface area contributed by atoms with Crippen LogP contribution in [-0.2, 0) is 0 Å². The van der Waals surface area contributed by atoms with E-state index in [1.165, 1.54) is 43.7 Å². The Balaban J connectivity index is 1.62. The van der Waals surface area contributed by atoms with Gasteiger partial charge in [-0.25, -0.2) is 4.98 Å². The largest absolute Gasteiger partial charge is 0.397 e. The van der Waals surface area contributed by atoms with Crippen molar-refractivity contribution in [3.63, 3.8) is 0 Å². The number of carbonyl (C=O) groups is 1. The lowest BCUT2D eigenvalue weighted by molar-refractivity contribution is 0.0968. The van der Waals surface area contributed by atoms with Crippen LogP contribution in [0.2, 0.25) is 0 Å². The van der Waals surface area contributed by atoms with E-state index in [1.54, 1.807) is 7.05 Å². The molecule has 3 N–H and O–H groups in total. The van der Waals surface area contributed by atoms with E-state index < -0.39 is 0 Å². The molecule has 2 aromatic heterocycles. The fraction of sp³-hybridized carbons (Fsp3) is 0.579. The van der Waals surface area contributed by atoms with Crippen LogP contribution in [0, 0.1) is 0 Å². The van der Waals surface area contributed by atoms with E-state index in [0.717, 1.165) is 28.9 Å². The van der Waals surface area contributed by atoms with Gasteiger partial charge >= 0.3 is 0 Å². The zero-order valence-corrected chi connectivity index (χ0v) is 16.3. The predicted molar refractivity (Wildman–Crippen MR) is 107 cm³/mol. The zero-order valence-electron chi connectivity index (χ0n) is 15.5. The summed E-state index contributed by atoms with van der Waals surface area (Å²) in [6, 6.07) is 5.20. The standard InChI is InChI=1S/C19H27N5OS/c1-21-18(25)17-16(20)13-5-6-14(22-19(13)26-17)15-4-3-9-24(15)12-7-10-23(2)11-8-12/h5-6,12,15H,3-4,7-11,20H2,1-2H3,(H,21,25)/t15-/m1/s1. The van der Waals surface area contributed by atoms with Gasteiger partial charge in [-0.1, -0.05) is 0 Å². The predicted octanol–water partition coefficient (Wildman–Crippen LogP) is 2.47. The number of likely N-dealkylation sites (tertiary alicyclic amines) is 2. The number of nitrogens with two attached hydrogens (primary N) is 1. The Labute approximate surface area is 158 Å². The molecule has 2 saturated heterocycles. The summed E-state index contributed by atoms with van der Waals surface area (Å²) in [5.41, 5.74) is 7.84. The maximum Gasteiger partial charge on any atom is 0.263 e. The van der Waals surface area contributed by atoms with Gasteiger partial charge in [-0.05, 0) is 64.5 Å². The average Bonchev–Trinajstić information content (AvgIpc) is 3.26. The summed E-state index contributed by atoms with van der Waals surface area (Å²) in [6.45, 7) is 3.52. The highest BCUT2D eigenvalue weighted by Gasteiger charge is 2.34. The Morgan fingerprint density at radius 1 is 1.27 bits per heavy atom. The normalized spacial score (nSPS) is 22.9. The number of hydrogen-bond acceptors (Lipinski definition) is 6. The molecule has 1 atom stereocenters. The number of nitrogens with one attached hydrogen (secondary N) is 1. The summed E-state index contributed by atoms with van der Waals surface area (Å²) in [6.07, 6.45) is 4.87. The molecule has 6 nitrogen and oxygen atoms in total. The van der Waals surface area contributed by atoms with Crippen LogP contribution in [0.1, 0.15) is 47.1 Å². The van der Waals surface area contributed by atoms with Crippen molar-refractivity contribution in [2.24, 2.45) is 0 Å². The lowest BCUT2D eigenvalue weighted by atomic mass is 10.0. The molecule has 2 aromatic rings. The summed E-state index contributed by atoms with van der Waals surface area (Å²) < 4.78 is 0. The fourth-order valence-electron chi connectivity index (χ4n) is 4.35. The van der Waals surface area contributed by atoms with Crippen LogP contribution >= 0.6 is 11.3 Å². The molecular weight excluding hydrogens is 346 g/mol. The van der Waals surface area contributed by atoms with Crippen LogP contribution in [0.25, 0.3) is 10.2 Å².